The molecule has 21 heavy (non-hydrogen) atoms. The number of rotatable bonds is 4. The van der Waals surface area contributed by atoms with E-state index in [1.54, 1.807) is 6.07 Å². The van der Waals surface area contributed by atoms with E-state index in [9.17, 15) is 9.90 Å². The Balaban J connectivity index is 1.94. The van der Waals surface area contributed by atoms with Gasteiger partial charge in [0.25, 0.3) is 0 Å². The van der Waals surface area contributed by atoms with Crippen LogP contribution in [0.5, 0.6) is 0 Å². The lowest BCUT2D eigenvalue weighted by Crippen LogP contribution is -2.27. The number of carboxylic acids is 1. The minimum Gasteiger partial charge on any atom is -0.477 e. The number of carboxylic acid groups (broad SMARTS) is 1. The SMILES string of the molecule is CC1(CNc2nc(C(=O)O)cc3ccccc23)CCCS1. The van der Waals surface area contributed by atoms with Crippen molar-refractivity contribution in [2.45, 2.75) is 24.5 Å². The van der Waals surface area contributed by atoms with Gasteiger partial charge in [0.1, 0.15) is 5.82 Å². The van der Waals surface area contributed by atoms with Gasteiger partial charge in [-0.2, -0.15) is 11.8 Å². The molecule has 0 radical (unpaired) electrons. The molecule has 110 valence electrons. The molecular formula is C16H18N2O2S. The van der Waals surface area contributed by atoms with E-state index in [0.717, 1.165) is 17.3 Å². The van der Waals surface area contributed by atoms with Crippen LogP contribution in [0.3, 0.4) is 0 Å². The number of nitrogens with one attached hydrogen (secondary N) is 1. The van der Waals surface area contributed by atoms with Crippen molar-refractivity contribution in [3.05, 3.63) is 36.0 Å². The Morgan fingerprint density at radius 1 is 1.48 bits per heavy atom. The quantitative estimate of drug-likeness (QED) is 0.903. The van der Waals surface area contributed by atoms with Crippen LogP contribution in [0.4, 0.5) is 5.82 Å². The number of hydrogen-bond acceptors (Lipinski definition) is 4. The molecule has 4 nitrogen and oxygen atoms in total. The number of aromatic carboxylic acids is 1. The van der Waals surface area contributed by atoms with E-state index >= 15 is 0 Å². The molecule has 3 rings (SSSR count). The predicted molar refractivity (Wildman–Crippen MR) is 87.3 cm³/mol. The van der Waals surface area contributed by atoms with E-state index in [1.165, 1.54) is 18.6 Å². The lowest BCUT2D eigenvalue weighted by atomic mass is 10.1. The highest BCUT2D eigenvalue weighted by Crippen LogP contribution is 2.38. The highest BCUT2D eigenvalue weighted by Gasteiger charge is 2.29. The second-order valence-corrected chi connectivity index (χ2v) is 7.32. The number of thioether (sulfide) groups is 1. The summed E-state index contributed by atoms with van der Waals surface area (Å²) in [4.78, 5) is 15.5. The van der Waals surface area contributed by atoms with E-state index in [2.05, 4.69) is 17.2 Å². The number of nitrogens with zero attached hydrogens (tertiary/aromatic N) is 1. The van der Waals surface area contributed by atoms with Crippen molar-refractivity contribution in [1.29, 1.82) is 0 Å². The van der Waals surface area contributed by atoms with Crippen LogP contribution in [0.1, 0.15) is 30.3 Å². The first-order valence-electron chi connectivity index (χ1n) is 7.08. The van der Waals surface area contributed by atoms with E-state index in [1.807, 2.05) is 36.0 Å². The Labute approximate surface area is 128 Å². The molecule has 0 spiro atoms. The van der Waals surface area contributed by atoms with Gasteiger partial charge in [0.05, 0.1) is 0 Å². The molecule has 1 saturated heterocycles. The number of hydrogen-bond donors (Lipinski definition) is 2. The molecule has 2 heterocycles. The first-order chi connectivity index (χ1) is 10.1. The van der Waals surface area contributed by atoms with Gasteiger partial charge in [0.15, 0.2) is 5.69 Å². The molecule has 5 heteroatoms. The third-order valence-corrected chi connectivity index (χ3v) is 5.43. The highest BCUT2D eigenvalue weighted by molar-refractivity contribution is 8.00. The molecule has 1 fully saturated rings. The number of carbonyl (C=O) groups is 1. The average molecular weight is 302 g/mol. The topological polar surface area (TPSA) is 62.2 Å². The minimum atomic E-state index is -0.995. The van der Waals surface area contributed by atoms with Crippen LogP contribution in [0, 0.1) is 0 Å². The fourth-order valence-corrected chi connectivity index (χ4v) is 3.93. The van der Waals surface area contributed by atoms with Gasteiger partial charge in [0, 0.05) is 16.7 Å². The Hall–Kier alpha value is -1.75. The summed E-state index contributed by atoms with van der Waals surface area (Å²) >= 11 is 1.97. The van der Waals surface area contributed by atoms with Crippen LogP contribution in [-0.2, 0) is 0 Å². The van der Waals surface area contributed by atoms with Crippen LogP contribution in [0.15, 0.2) is 30.3 Å². The molecule has 2 aromatic rings. The third kappa shape index (κ3) is 2.97. The van der Waals surface area contributed by atoms with E-state index < -0.39 is 5.97 Å². The zero-order valence-electron chi connectivity index (χ0n) is 11.9. The van der Waals surface area contributed by atoms with E-state index in [0.29, 0.717) is 5.82 Å². The second-order valence-electron chi connectivity index (χ2n) is 5.64. The maximum atomic E-state index is 11.2. The average Bonchev–Trinajstić information content (AvgIpc) is 2.91. The van der Waals surface area contributed by atoms with E-state index in [4.69, 9.17) is 0 Å². The molecule has 0 bridgehead atoms. The molecule has 2 N–H and O–H groups in total. The molecule has 1 aromatic carbocycles. The number of fused-ring (bicyclic) bond motifs is 1. The van der Waals surface area contributed by atoms with Gasteiger partial charge in [-0.15, -0.1) is 0 Å². The monoisotopic (exact) mass is 302 g/mol. The molecule has 1 aromatic heterocycles. The number of benzene rings is 1. The molecule has 0 aliphatic carbocycles. The molecule has 0 amide bonds. The summed E-state index contributed by atoms with van der Waals surface area (Å²) in [6, 6.07) is 9.36. The van der Waals surface area contributed by atoms with Gasteiger partial charge in [-0.3, -0.25) is 0 Å². The van der Waals surface area contributed by atoms with Gasteiger partial charge in [-0.25, -0.2) is 9.78 Å². The Bertz CT molecular complexity index is 681. The smallest absolute Gasteiger partial charge is 0.354 e. The lowest BCUT2D eigenvalue weighted by Gasteiger charge is -2.23. The number of pyridine rings is 1. The lowest BCUT2D eigenvalue weighted by molar-refractivity contribution is 0.0691. The summed E-state index contributed by atoms with van der Waals surface area (Å²) in [5.41, 5.74) is 0.0837. The minimum absolute atomic E-state index is 0.0837. The van der Waals surface area contributed by atoms with Gasteiger partial charge in [0.2, 0.25) is 0 Å². The van der Waals surface area contributed by atoms with Crippen LogP contribution in [0.25, 0.3) is 10.8 Å². The van der Waals surface area contributed by atoms with Crippen molar-refractivity contribution in [2.75, 3.05) is 17.6 Å². The first-order valence-corrected chi connectivity index (χ1v) is 8.07. The molecular weight excluding hydrogens is 284 g/mol. The normalized spacial score (nSPS) is 21.6. The van der Waals surface area contributed by atoms with Crippen LogP contribution < -0.4 is 5.32 Å². The maximum Gasteiger partial charge on any atom is 0.354 e. The third-order valence-electron chi connectivity index (χ3n) is 3.89. The molecule has 1 aliphatic rings. The zero-order valence-corrected chi connectivity index (χ0v) is 12.7. The molecule has 1 unspecified atom stereocenters. The Morgan fingerprint density at radius 3 is 3.00 bits per heavy atom. The zero-order chi connectivity index (χ0) is 14.9. The van der Waals surface area contributed by atoms with Gasteiger partial charge < -0.3 is 10.4 Å². The summed E-state index contributed by atoms with van der Waals surface area (Å²) in [6.45, 7) is 3.05. The standard InChI is InChI=1S/C16H18N2O2S/c1-16(7-4-8-21-16)10-17-14-12-6-3-2-5-11(12)9-13(18-14)15(19)20/h2-3,5-6,9H,4,7-8,10H2,1H3,(H,17,18)(H,19,20). The predicted octanol–water partition coefficient (Wildman–Crippen LogP) is 3.63. The van der Waals surface area contributed by atoms with E-state index in [-0.39, 0.29) is 10.4 Å². The van der Waals surface area contributed by atoms with Crippen molar-refractivity contribution < 1.29 is 9.90 Å². The summed E-state index contributed by atoms with van der Waals surface area (Å²) in [5, 5.41) is 14.4. The van der Waals surface area contributed by atoms with Crippen LogP contribution >= 0.6 is 11.8 Å². The van der Waals surface area contributed by atoms with Gasteiger partial charge in [-0.05, 0) is 37.0 Å². The number of aromatic nitrogens is 1. The first kappa shape index (κ1) is 14.2. The number of anilines is 1. The van der Waals surface area contributed by atoms with Crippen LogP contribution in [0.2, 0.25) is 0 Å². The highest BCUT2D eigenvalue weighted by atomic mass is 32.2. The van der Waals surface area contributed by atoms with Crippen molar-refractivity contribution >= 4 is 34.3 Å². The Morgan fingerprint density at radius 2 is 2.29 bits per heavy atom. The summed E-state index contributed by atoms with van der Waals surface area (Å²) in [6.07, 6.45) is 2.42. The maximum absolute atomic E-state index is 11.2. The fraction of sp³-hybridized carbons (Fsp3) is 0.375. The van der Waals surface area contributed by atoms with Gasteiger partial charge >= 0.3 is 5.97 Å². The van der Waals surface area contributed by atoms with Crippen molar-refractivity contribution in [1.82, 2.24) is 4.98 Å². The van der Waals surface area contributed by atoms with Crippen LogP contribution in [-0.4, -0.2) is 33.1 Å². The fourth-order valence-electron chi connectivity index (χ4n) is 2.69. The van der Waals surface area contributed by atoms with Crippen molar-refractivity contribution in [2.24, 2.45) is 0 Å². The van der Waals surface area contributed by atoms with Crippen molar-refractivity contribution in [3.8, 4) is 0 Å². The van der Waals surface area contributed by atoms with Crippen molar-refractivity contribution in [3.63, 3.8) is 0 Å². The summed E-state index contributed by atoms with van der Waals surface area (Å²) in [5.74, 6) is 0.867. The Kier molecular flexibility index (Phi) is 3.76. The molecule has 1 aliphatic heterocycles. The molecule has 0 saturated carbocycles. The largest absolute Gasteiger partial charge is 0.477 e. The summed E-state index contributed by atoms with van der Waals surface area (Å²) in [7, 11) is 0. The van der Waals surface area contributed by atoms with Gasteiger partial charge in [-0.1, -0.05) is 24.3 Å². The molecule has 1 atom stereocenters. The summed E-state index contributed by atoms with van der Waals surface area (Å²) < 4.78 is 0.210. The second kappa shape index (κ2) is 5.56.